The van der Waals surface area contributed by atoms with Gasteiger partial charge in [-0.2, -0.15) is 0 Å². The van der Waals surface area contributed by atoms with E-state index in [1.54, 1.807) is 14.2 Å². The van der Waals surface area contributed by atoms with Crippen molar-refractivity contribution in [1.29, 1.82) is 0 Å². The highest BCUT2D eigenvalue weighted by molar-refractivity contribution is 5.79. The molecule has 0 aromatic heterocycles. The van der Waals surface area contributed by atoms with Crippen molar-refractivity contribution in [3.8, 4) is 11.5 Å². The van der Waals surface area contributed by atoms with Crippen LogP contribution in [0.2, 0.25) is 0 Å². The van der Waals surface area contributed by atoms with Crippen LogP contribution in [0.3, 0.4) is 0 Å². The first-order chi connectivity index (χ1) is 13.8. The summed E-state index contributed by atoms with van der Waals surface area (Å²) in [6, 6.07) is 6.41. The lowest BCUT2D eigenvalue weighted by Crippen LogP contribution is -2.48. The summed E-state index contributed by atoms with van der Waals surface area (Å²) >= 11 is 0. The second-order valence-electron chi connectivity index (χ2n) is 9.60. The number of carbonyl (C=O) groups excluding carboxylic acids is 1. The maximum Gasteiger partial charge on any atom is 0.237 e. The standard InChI is InChI=1S/C24H38N2O3/c1-24(2,3)19-9-6-7-10-20(19)25-16-23(27)26-14-8-11-21(26)18-13-12-17(28-4)15-22(18)29-5/h12-13,15,19-21,25H,6-11,14,16H2,1-5H3. The van der Waals surface area contributed by atoms with E-state index in [1.165, 1.54) is 25.7 Å². The summed E-state index contributed by atoms with van der Waals surface area (Å²) < 4.78 is 10.9. The number of methoxy groups -OCH3 is 2. The summed E-state index contributed by atoms with van der Waals surface area (Å²) in [6.45, 7) is 8.21. The Labute approximate surface area is 176 Å². The number of nitrogens with zero attached hydrogens (tertiary/aromatic N) is 1. The van der Waals surface area contributed by atoms with Gasteiger partial charge in [0.05, 0.1) is 26.8 Å². The molecule has 1 aromatic rings. The second kappa shape index (κ2) is 9.38. The highest BCUT2D eigenvalue weighted by atomic mass is 16.5. The van der Waals surface area contributed by atoms with Gasteiger partial charge < -0.3 is 19.7 Å². The van der Waals surface area contributed by atoms with Gasteiger partial charge in [0.15, 0.2) is 0 Å². The summed E-state index contributed by atoms with van der Waals surface area (Å²) in [5.41, 5.74) is 1.35. The van der Waals surface area contributed by atoms with E-state index in [1.807, 2.05) is 23.1 Å². The summed E-state index contributed by atoms with van der Waals surface area (Å²) in [7, 11) is 3.33. The number of carbonyl (C=O) groups is 1. The van der Waals surface area contributed by atoms with E-state index in [-0.39, 0.29) is 17.4 Å². The van der Waals surface area contributed by atoms with Crippen LogP contribution in [0.5, 0.6) is 11.5 Å². The number of ether oxygens (including phenoxy) is 2. The van der Waals surface area contributed by atoms with E-state index in [4.69, 9.17) is 9.47 Å². The second-order valence-corrected chi connectivity index (χ2v) is 9.60. The van der Waals surface area contributed by atoms with Crippen LogP contribution in [-0.4, -0.2) is 44.2 Å². The summed E-state index contributed by atoms with van der Waals surface area (Å²) in [4.78, 5) is 15.2. The van der Waals surface area contributed by atoms with Gasteiger partial charge in [0.1, 0.15) is 11.5 Å². The minimum absolute atomic E-state index is 0.0786. The Kier molecular flexibility index (Phi) is 7.10. The molecule has 1 amide bonds. The molecule has 0 bridgehead atoms. The van der Waals surface area contributed by atoms with Crippen molar-refractivity contribution in [3.05, 3.63) is 23.8 Å². The van der Waals surface area contributed by atoms with Crippen LogP contribution in [-0.2, 0) is 4.79 Å². The third-order valence-electron chi connectivity index (χ3n) is 6.77. The zero-order valence-corrected chi connectivity index (χ0v) is 18.8. The molecule has 5 heteroatoms. The third-order valence-corrected chi connectivity index (χ3v) is 6.77. The molecule has 0 radical (unpaired) electrons. The van der Waals surface area contributed by atoms with Crippen molar-refractivity contribution in [2.24, 2.45) is 11.3 Å². The number of amides is 1. The van der Waals surface area contributed by atoms with Gasteiger partial charge in [-0.25, -0.2) is 0 Å². The molecule has 1 aliphatic heterocycles. The van der Waals surface area contributed by atoms with Gasteiger partial charge in [0, 0.05) is 24.2 Å². The quantitative estimate of drug-likeness (QED) is 0.758. The van der Waals surface area contributed by atoms with Crippen molar-refractivity contribution in [3.63, 3.8) is 0 Å². The van der Waals surface area contributed by atoms with Crippen molar-refractivity contribution in [1.82, 2.24) is 10.2 Å². The molecule has 2 fully saturated rings. The lowest BCUT2D eigenvalue weighted by atomic mass is 9.69. The van der Waals surface area contributed by atoms with Crippen molar-refractivity contribution >= 4 is 5.91 Å². The van der Waals surface area contributed by atoms with Gasteiger partial charge in [-0.3, -0.25) is 4.79 Å². The first-order valence-corrected chi connectivity index (χ1v) is 11.1. The monoisotopic (exact) mass is 402 g/mol. The highest BCUT2D eigenvalue weighted by Crippen LogP contribution is 2.40. The van der Waals surface area contributed by atoms with Gasteiger partial charge in [-0.05, 0) is 49.1 Å². The van der Waals surface area contributed by atoms with Gasteiger partial charge in [-0.15, -0.1) is 0 Å². The van der Waals surface area contributed by atoms with E-state index >= 15 is 0 Å². The Morgan fingerprint density at radius 3 is 2.55 bits per heavy atom. The molecule has 1 aliphatic carbocycles. The number of hydrogen-bond acceptors (Lipinski definition) is 4. The first kappa shape index (κ1) is 21.9. The van der Waals surface area contributed by atoms with Crippen molar-refractivity contribution in [2.45, 2.75) is 71.4 Å². The largest absolute Gasteiger partial charge is 0.497 e. The Morgan fingerprint density at radius 2 is 1.86 bits per heavy atom. The SMILES string of the molecule is COc1ccc(C2CCCN2C(=O)CNC2CCCCC2C(C)(C)C)c(OC)c1. The zero-order chi connectivity index (χ0) is 21.0. The molecule has 162 valence electrons. The molecule has 1 saturated carbocycles. The molecule has 0 spiro atoms. The lowest BCUT2D eigenvalue weighted by molar-refractivity contribution is -0.131. The minimum Gasteiger partial charge on any atom is -0.497 e. The molecule has 5 nitrogen and oxygen atoms in total. The Morgan fingerprint density at radius 1 is 1.10 bits per heavy atom. The van der Waals surface area contributed by atoms with E-state index in [9.17, 15) is 4.79 Å². The van der Waals surface area contributed by atoms with Crippen LogP contribution < -0.4 is 14.8 Å². The molecule has 2 aliphatic rings. The lowest BCUT2D eigenvalue weighted by Gasteiger charge is -2.41. The maximum atomic E-state index is 13.1. The summed E-state index contributed by atoms with van der Waals surface area (Å²) in [5, 5.41) is 3.63. The molecule has 1 saturated heterocycles. The van der Waals surface area contributed by atoms with E-state index < -0.39 is 0 Å². The van der Waals surface area contributed by atoms with Crippen LogP contribution in [0.4, 0.5) is 0 Å². The molecule has 1 N–H and O–H groups in total. The van der Waals surface area contributed by atoms with Crippen LogP contribution in [0.1, 0.15) is 70.9 Å². The molecule has 3 atom stereocenters. The van der Waals surface area contributed by atoms with Gasteiger partial charge in [0.2, 0.25) is 5.91 Å². The van der Waals surface area contributed by atoms with Crippen molar-refractivity contribution in [2.75, 3.05) is 27.3 Å². The predicted octanol–water partition coefficient (Wildman–Crippen LogP) is 4.56. The third kappa shape index (κ3) is 5.06. The van der Waals surface area contributed by atoms with Gasteiger partial charge in [0.25, 0.3) is 0 Å². The number of hydrogen-bond donors (Lipinski definition) is 1. The zero-order valence-electron chi connectivity index (χ0n) is 18.8. The fourth-order valence-corrected chi connectivity index (χ4v) is 5.21. The minimum atomic E-state index is 0.0786. The molecule has 1 heterocycles. The Bertz CT molecular complexity index is 698. The number of nitrogens with one attached hydrogen (secondary N) is 1. The summed E-state index contributed by atoms with van der Waals surface area (Å²) in [5.74, 6) is 2.39. The molecular formula is C24H38N2O3. The van der Waals surface area contributed by atoms with Crippen LogP contribution in [0.15, 0.2) is 18.2 Å². The molecule has 1 aromatic carbocycles. The van der Waals surface area contributed by atoms with Gasteiger partial charge in [-0.1, -0.05) is 33.6 Å². The fourth-order valence-electron chi connectivity index (χ4n) is 5.21. The molecular weight excluding hydrogens is 364 g/mol. The predicted molar refractivity (Wildman–Crippen MR) is 116 cm³/mol. The normalized spacial score (nSPS) is 25.1. The number of rotatable bonds is 6. The van der Waals surface area contributed by atoms with Crippen molar-refractivity contribution < 1.29 is 14.3 Å². The smallest absolute Gasteiger partial charge is 0.237 e. The topological polar surface area (TPSA) is 50.8 Å². The Hall–Kier alpha value is -1.75. The Balaban J connectivity index is 1.67. The van der Waals surface area contributed by atoms with Crippen LogP contribution >= 0.6 is 0 Å². The summed E-state index contributed by atoms with van der Waals surface area (Å²) in [6.07, 6.45) is 6.99. The van der Waals surface area contributed by atoms with E-state index in [0.29, 0.717) is 18.5 Å². The first-order valence-electron chi connectivity index (χ1n) is 11.1. The number of benzene rings is 1. The average molecular weight is 403 g/mol. The van der Waals surface area contributed by atoms with E-state index in [0.717, 1.165) is 36.4 Å². The number of likely N-dealkylation sites (tertiary alicyclic amines) is 1. The average Bonchev–Trinajstić information content (AvgIpc) is 3.20. The van der Waals surface area contributed by atoms with Crippen LogP contribution in [0, 0.1) is 11.3 Å². The fraction of sp³-hybridized carbons (Fsp3) is 0.708. The van der Waals surface area contributed by atoms with Crippen LogP contribution in [0.25, 0.3) is 0 Å². The highest BCUT2D eigenvalue weighted by Gasteiger charge is 2.36. The van der Waals surface area contributed by atoms with Gasteiger partial charge >= 0.3 is 0 Å². The molecule has 29 heavy (non-hydrogen) atoms. The van der Waals surface area contributed by atoms with E-state index in [2.05, 4.69) is 26.1 Å². The molecule has 3 rings (SSSR count). The molecule has 3 unspecified atom stereocenters. The maximum absolute atomic E-state index is 13.1.